The number of aromatic amines is 1. The fraction of sp³-hybridized carbons (Fsp3) is 0.818. The van der Waals surface area contributed by atoms with Gasteiger partial charge in [0, 0.05) is 12.0 Å². The van der Waals surface area contributed by atoms with Crippen LogP contribution in [0.5, 0.6) is 0 Å². The largest absolute Gasteiger partial charge is 0.327 e. The summed E-state index contributed by atoms with van der Waals surface area (Å²) < 4.78 is 0. The van der Waals surface area contributed by atoms with Crippen LogP contribution in [0, 0.1) is 11.3 Å². The Labute approximate surface area is 90.7 Å². The Morgan fingerprint density at radius 2 is 2.20 bits per heavy atom. The van der Waals surface area contributed by atoms with E-state index in [4.69, 9.17) is 5.73 Å². The van der Waals surface area contributed by atoms with Crippen LogP contribution < -0.4 is 5.73 Å². The predicted octanol–water partition coefficient (Wildman–Crippen LogP) is 1.67. The standard InChI is InChI=1S/C11H20N4/c1-7-9(12)5-4-8(11(7,2)3)10-13-6-14-15-10/h6-9H,4-5,12H2,1-3H3,(H,13,14,15). The lowest BCUT2D eigenvalue weighted by atomic mass is 9.61. The first-order chi connectivity index (χ1) is 7.03. The number of H-pyrrole nitrogens is 1. The maximum Gasteiger partial charge on any atom is 0.137 e. The van der Waals surface area contributed by atoms with Crippen molar-refractivity contribution in [2.75, 3.05) is 0 Å². The van der Waals surface area contributed by atoms with E-state index >= 15 is 0 Å². The molecule has 3 N–H and O–H groups in total. The lowest BCUT2D eigenvalue weighted by Gasteiger charge is -2.45. The van der Waals surface area contributed by atoms with Crippen molar-refractivity contribution in [2.45, 2.75) is 45.6 Å². The van der Waals surface area contributed by atoms with Gasteiger partial charge in [0.05, 0.1) is 0 Å². The van der Waals surface area contributed by atoms with Crippen LogP contribution in [0.3, 0.4) is 0 Å². The van der Waals surface area contributed by atoms with E-state index in [-0.39, 0.29) is 5.41 Å². The molecule has 0 amide bonds. The van der Waals surface area contributed by atoms with E-state index in [1.54, 1.807) is 6.33 Å². The highest BCUT2D eigenvalue weighted by molar-refractivity contribution is 5.06. The monoisotopic (exact) mass is 208 g/mol. The Morgan fingerprint density at radius 3 is 2.80 bits per heavy atom. The first-order valence-corrected chi connectivity index (χ1v) is 5.64. The molecule has 0 aromatic carbocycles. The molecule has 1 aromatic rings. The zero-order valence-corrected chi connectivity index (χ0v) is 9.70. The third-order valence-electron chi connectivity index (χ3n) is 4.27. The molecule has 0 aliphatic heterocycles. The molecule has 4 nitrogen and oxygen atoms in total. The number of hydrogen-bond donors (Lipinski definition) is 2. The zero-order valence-electron chi connectivity index (χ0n) is 9.70. The van der Waals surface area contributed by atoms with E-state index < -0.39 is 0 Å². The smallest absolute Gasteiger partial charge is 0.137 e. The van der Waals surface area contributed by atoms with Gasteiger partial charge in [-0.05, 0) is 24.2 Å². The van der Waals surface area contributed by atoms with Crippen LogP contribution in [0.1, 0.15) is 45.4 Å². The van der Waals surface area contributed by atoms with E-state index in [1.165, 1.54) is 0 Å². The van der Waals surface area contributed by atoms with E-state index in [9.17, 15) is 0 Å². The summed E-state index contributed by atoms with van der Waals surface area (Å²) in [5.74, 6) is 1.98. The molecular formula is C11H20N4. The summed E-state index contributed by atoms with van der Waals surface area (Å²) in [4.78, 5) is 4.29. The van der Waals surface area contributed by atoms with Crippen molar-refractivity contribution >= 4 is 0 Å². The number of rotatable bonds is 1. The molecule has 3 unspecified atom stereocenters. The van der Waals surface area contributed by atoms with Crippen LogP contribution in [0.4, 0.5) is 0 Å². The molecule has 0 saturated heterocycles. The van der Waals surface area contributed by atoms with Crippen molar-refractivity contribution < 1.29 is 0 Å². The normalized spacial score (nSPS) is 35.3. The minimum Gasteiger partial charge on any atom is -0.327 e. The van der Waals surface area contributed by atoms with Gasteiger partial charge in [-0.3, -0.25) is 5.10 Å². The van der Waals surface area contributed by atoms with Crippen molar-refractivity contribution in [1.29, 1.82) is 0 Å². The van der Waals surface area contributed by atoms with Crippen molar-refractivity contribution in [3.05, 3.63) is 12.2 Å². The molecule has 4 heteroatoms. The Kier molecular flexibility index (Phi) is 2.54. The van der Waals surface area contributed by atoms with Crippen molar-refractivity contribution in [3.63, 3.8) is 0 Å². The highest BCUT2D eigenvalue weighted by Crippen LogP contribution is 2.48. The van der Waals surface area contributed by atoms with E-state index in [1.807, 2.05) is 0 Å². The van der Waals surface area contributed by atoms with Gasteiger partial charge in [0.2, 0.25) is 0 Å². The summed E-state index contributed by atoms with van der Waals surface area (Å²) >= 11 is 0. The molecule has 1 aliphatic rings. The molecule has 1 heterocycles. The van der Waals surface area contributed by atoms with Crippen LogP contribution in [0.15, 0.2) is 6.33 Å². The van der Waals surface area contributed by atoms with E-state index in [0.29, 0.717) is 17.9 Å². The third-order valence-corrected chi connectivity index (χ3v) is 4.27. The molecule has 1 aliphatic carbocycles. The van der Waals surface area contributed by atoms with Gasteiger partial charge in [0.25, 0.3) is 0 Å². The second-order valence-electron chi connectivity index (χ2n) is 5.27. The Morgan fingerprint density at radius 1 is 1.47 bits per heavy atom. The lowest BCUT2D eigenvalue weighted by molar-refractivity contribution is 0.0950. The SMILES string of the molecule is CC1C(N)CCC(c2ncn[nH]2)C1(C)C. The van der Waals surface area contributed by atoms with Crippen molar-refractivity contribution in [2.24, 2.45) is 17.1 Å². The summed E-state index contributed by atoms with van der Waals surface area (Å²) in [7, 11) is 0. The van der Waals surface area contributed by atoms with Crippen molar-refractivity contribution in [3.8, 4) is 0 Å². The van der Waals surface area contributed by atoms with Gasteiger partial charge in [-0.25, -0.2) is 4.98 Å². The Hall–Kier alpha value is -0.900. The van der Waals surface area contributed by atoms with Crippen LogP contribution in [0.25, 0.3) is 0 Å². The molecule has 3 atom stereocenters. The van der Waals surface area contributed by atoms with Crippen LogP contribution in [-0.4, -0.2) is 21.2 Å². The summed E-state index contributed by atoms with van der Waals surface area (Å²) in [6.45, 7) is 6.81. The summed E-state index contributed by atoms with van der Waals surface area (Å²) in [5, 5.41) is 6.94. The average Bonchev–Trinajstić information content (AvgIpc) is 2.67. The van der Waals surface area contributed by atoms with E-state index in [0.717, 1.165) is 18.7 Å². The van der Waals surface area contributed by atoms with Gasteiger partial charge in [0.15, 0.2) is 0 Å². The second kappa shape index (κ2) is 3.59. The molecule has 1 aromatic heterocycles. The molecule has 1 saturated carbocycles. The van der Waals surface area contributed by atoms with Gasteiger partial charge < -0.3 is 5.73 Å². The minimum atomic E-state index is 0.192. The van der Waals surface area contributed by atoms with E-state index in [2.05, 4.69) is 36.0 Å². The molecule has 0 bridgehead atoms. The summed E-state index contributed by atoms with van der Waals surface area (Å²) in [5.41, 5.74) is 6.31. The molecule has 0 spiro atoms. The maximum absolute atomic E-state index is 6.12. The highest BCUT2D eigenvalue weighted by atomic mass is 15.2. The van der Waals surface area contributed by atoms with Gasteiger partial charge in [-0.15, -0.1) is 0 Å². The number of aromatic nitrogens is 3. The molecule has 84 valence electrons. The van der Waals surface area contributed by atoms with Crippen LogP contribution in [0.2, 0.25) is 0 Å². The zero-order chi connectivity index (χ0) is 11.1. The fourth-order valence-electron chi connectivity index (χ4n) is 2.72. The molecule has 2 rings (SSSR count). The molecule has 0 radical (unpaired) electrons. The number of hydrogen-bond acceptors (Lipinski definition) is 3. The third kappa shape index (κ3) is 1.67. The van der Waals surface area contributed by atoms with Gasteiger partial charge in [0.1, 0.15) is 12.2 Å². The van der Waals surface area contributed by atoms with Gasteiger partial charge in [-0.2, -0.15) is 5.10 Å². The van der Waals surface area contributed by atoms with Crippen LogP contribution >= 0.6 is 0 Å². The number of nitrogens with one attached hydrogen (secondary N) is 1. The fourth-order valence-corrected chi connectivity index (χ4v) is 2.72. The highest BCUT2D eigenvalue weighted by Gasteiger charge is 2.43. The van der Waals surface area contributed by atoms with Gasteiger partial charge in [-0.1, -0.05) is 20.8 Å². The Bertz CT molecular complexity index is 317. The topological polar surface area (TPSA) is 67.6 Å². The van der Waals surface area contributed by atoms with Crippen LogP contribution in [-0.2, 0) is 0 Å². The summed E-state index contributed by atoms with van der Waals surface area (Å²) in [6.07, 6.45) is 3.77. The maximum atomic E-state index is 6.12. The van der Waals surface area contributed by atoms with Gasteiger partial charge >= 0.3 is 0 Å². The summed E-state index contributed by atoms with van der Waals surface area (Å²) in [6, 6.07) is 0.319. The quantitative estimate of drug-likeness (QED) is 0.737. The first-order valence-electron chi connectivity index (χ1n) is 5.64. The predicted molar refractivity (Wildman–Crippen MR) is 59.3 cm³/mol. The molecule has 15 heavy (non-hydrogen) atoms. The second-order valence-corrected chi connectivity index (χ2v) is 5.27. The molecular weight excluding hydrogens is 188 g/mol. The Balaban J connectivity index is 2.27. The van der Waals surface area contributed by atoms with Crippen molar-refractivity contribution in [1.82, 2.24) is 15.2 Å². The minimum absolute atomic E-state index is 0.192. The molecule has 1 fully saturated rings. The average molecular weight is 208 g/mol. The number of nitrogens with two attached hydrogens (primary N) is 1. The first kappa shape index (κ1) is 10.6. The lowest BCUT2D eigenvalue weighted by Crippen LogP contribution is -2.46. The number of nitrogens with zero attached hydrogens (tertiary/aromatic N) is 2.